The number of carbonyl (C=O) groups is 1. The molecule has 0 aromatic carbocycles. The van der Waals surface area contributed by atoms with E-state index in [1.165, 1.54) is 4.57 Å². The fourth-order valence-electron chi connectivity index (χ4n) is 1.89. The molecule has 2 rings (SSSR count). The summed E-state index contributed by atoms with van der Waals surface area (Å²) in [6.45, 7) is 5.15. The van der Waals surface area contributed by atoms with Crippen molar-refractivity contribution in [2.24, 2.45) is 5.92 Å². The summed E-state index contributed by atoms with van der Waals surface area (Å²) < 4.78 is 1.54. The van der Waals surface area contributed by atoms with Crippen LogP contribution < -0.4 is 0 Å². The van der Waals surface area contributed by atoms with E-state index in [-0.39, 0.29) is 6.03 Å². The number of nitrogens with zero attached hydrogens (tertiary/aromatic N) is 3. The molecule has 1 amide bonds. The number of hydrogen-bond donors (Lipinski definition) is 0. The van der Waals surface area contributed by atoms with Gasteiger partial charge in [0.05, 0.1) is 0 Å². The molecule has 1 fully saturated rings. The van der Waals surface area contributed by atoms with Gasteiger partial charge in [-0.3, -0.25) is 4.57 Å². The van der Waals surface area contributed by atoms with Gasteiger partial charge in [0.15, 0.2) is 0 Å². The van der Waals surface area contributed by atoms with Crippen molar-refractivity contribution in [3.05, 3.63) is 18.7 Å². The first kappa shape index (κ1) is 9.24. The number of imidazole rings is 1. The van der Waals surface area contributed by atoms with E-state index < -0.39 is 0 Å². The predicted octanol–water partition coefficient (Wildman–Crippen LogP) is 1.58. The zero-order valence-corrected chi connectivity index (χ0v) is 8.55. The van der Waals surface area contributed by atoms with E-state index in [2.05, 4.69) is 18.8 Å². The van der Waals surface area contributed by atoms with Crippen LogP contribution >= 0.6 is 0 Å². The molecule has 1 saturated heterocycles. The number of hydrogen-bond acceptors (Lipinski definition) is 2. The fourth-order valence-corrected chi connectivity index (χ4v) is 1.89. The molecule has 2 atom stereocenters. The maximum Gasteiger partial charge on any atom is 0.329 e. The van der Waals surface area contributed by atoms with Gasteiger partial charge in [-0.15, -0.1) is 0 Å². The molecule has 1 aliphatic heterocycles. The Bertz CT molecular complexity index is 320. The molecule has 0 spiro atoms. The normalized spacial score (nSPS) is 26.9. The van der Waals surface area contributed by atoms with Crippen molar-refractivity contribution < 1.29 is 4.79 Å². The minimum absolute atomic E-state index is 0.0411. The van der Waals surface area contributed by atoms with Crippen LogP contribution in [0.3, 0.4) is 0 Å². The van der Waals surface area contributed by atoms with Crippen LogP contribution in [0.25, 0.3) is 0 Å². The van der Waals surface area contributed by atoms with Crippen LogP contribution in [0.15, 0.2) is 18.7 Å². The van der Waals surface area contributed by atoms with Gasteiger partial charge in [-0.25, -0.2) is 9.78 Å². The van der Waals surface area contributed by atoms with E-state index in [1.807, 2.05) is 4.90 Å². The van der Waals surface area contributed by atoms with Crippen LogP contribution in [0, 0.1) is 5.92 Å². The fraction of sp³-hybridized carbons (Fsp3) is 0.600. The summed E-state index contributed by atoms with van der Waals surface area (Å²) in [4.78, 5) is 17.7. The lowest BCUT2D eigenvalue weighted by Crippen LogP contribution is -2.37. The quantitative estimate of drug-likeness (QED) is 0.627. The third-order valence-electron chi connectivity index (χ3n) is 3.11. The predicted molar refractivity (Wildman–Crippen MR) is 53.0 cm³/mol. The van der Waals surface area contributed by atoms with E-state index in [9.17, 15) is 4.79 Å². The van der Waals surface area contributed by atoms with Gasteiger partial charge in [0.2, 0.25) is 0 Å². The Morgan fingerprint density at radius 2 is 2.29 bits per heavy atom. The highest BCUT2D eigenvalue weighted by molar-refractivity contribution is 5.77. The van der Waals surface area contributed by atoms with Crippen molar-refractivity contribution in [2.45, 2.75) is 26.3 Å². The minimum atomic E-state index is 0.0411. The lowest BCUT2D eigenvalue weighted by Gasteiger charge is -2.23. The maximum absolute atomic E-state index is 11.9. The zero-order valence-electron chi connectivity index (χ0n) is 8.55. The SMILES string of the molecule is CC1CCN(C(=O)n2ccnc2)C1C. The summed E-state index contributed by atoms with van der Waals surface area (Å²) >= 11 is 0. The third-order valence-corrected chi connectivity index (χ3v) is 3.11. The second kappa shape index (κ2) is 3.44. The van der Waals surface area contributed by atoms with Crippen LogP contribution in [0.1, 0.15) is 20.3 Å². The van der Waals surface area contributed by atoms with Crippen molar-refractivity contribution in [3.63, 3.8) is 0 Å². The summed E-state index contributed by atoms with van der Waals surface area (Å²) in [6.07, 6.45) is 5.97. The Labute approximate surface area is 83.5 Å². The molecule has 1 aromatic rings. The van der Waals surface area contributed by atoms with Gasteiger partial charge in [-0.2, -0.15) is 0 Å². The Morgan fingerprint density at radius 3 is 2.79 bits per heavy atom. The molecule has 14 heavy (non-hydrogen) atoms. The number of carbonyl (C=O) groups excluding carboxylic acids is 1. The molecule has 0 radical (unpaired) electrons. The van der Waals surface area contributed by atoms with E-state index >= 15 is 0 Å². The highest BCUT2D eigenvalue weighted by Crippen LogP contribution is 2.23. The largest absolute Gasteiger partial charge is 0.329 e. The second-order valence-electron chi connectivity index (χ2n) is 3.95. The molecular formula is C10H15N3O. The molecule has 4 nitrogen and oxygen atoms in total. The Kier molecular flexibility index (Phi) is 2.27. The van der Waals surface area contributed by atoms with Gasteiger partial charge in [0.1, 0.15) is 6.33 Å². The molecule has 1 aromatic heterocycles. The van der Waals surface area contributed by atoms with E-state index in [0.717, 1.165) is 13.0 Å². The first-order chi connectivity index (χ1) is 6.70. The summed E-state index contributed by atoms with van der Waals surface area (Å²) in [5, 5.41) is 0. The van der Waals surface area contributed by atoms with E-state index in [4.69, 9.17) is 0 Å². The van der Waals surface area contributed by atoms with E-state index in [0.29, 0.717) is 12.0 Å². The lowest BCUT2D eigenvalue weighted by molar-refractivity contribution is 0.193. The number of aromatic nitrogens is 2. The van der Waals surface area contributed by atoms with Crippen molar-refractivity contribution in [1.82, 2.24) is 14.5 Å². The third kappa shape index (κ3) is 1.41. The summed E-state index contributed by atoms with van der Waals surface area (Å²) in [5.74, 6) is 0.600. The van der Waals surface area contributed by atoms with Crippen LogP contribution in [0.2, 0.25) is 0 Å². The highest BCUT2D eigenvalue weighted by atomic mass is 16.2. The van der Waals surface area contributed by atoms with Crippen molar-refractivity contribution in [2.75, 3.05) is 6.54 Å². The Hall–Kier alpha value is -1.32. The Balaban J connectivity index is 2.13. The van der Waals surface area contributed by atoms with Gasteiger partial charge >= 0.3 is 6.03 Å². The summed E-state index contributed by atoms with van der Waals surface area (Å²) in [6, 6.07) is 0.379. The van der Waals surface area contributed by atoms with Gasteiger partial charge in [0.25, 0.3) is 0 Å². The van der Waals surface area contributed by atoms with Gasteiger partial charge in [-0.05, 0) is 19.3 Å². The van der Waals surface area contributed by atoms with Crippen LogP contribution in [0.5, 0.6) is 0 Å². The van der Waals surface area contributed by atoms with Crippen LogP contribution in [0.4, 0.5) is 4.79 Å². The summed E-state index contributed by atoms with van der Waals surface area (Å²) in [7, 11) is 0. The van der Waals surface area contributed by atoms with Gasteiger partial charge < -0.3 is 4.90 Å². The van der Waals surface area contributed by atoms with Crippen molar-refractivity contribution >= 4 is 6.03 Å². The first-order valence-corrected chi connectivity index (χ1v) is 4.99. The topological polar surface area (TPSA) is 38.1 Å². The Morgan fingerprint density at radius 1 is 1.50 bits per heavy atom. The van der Waals surface area contributed by atoms with Gasteiger partial charge in [0, 0.05) is 25.0 Å². The molecule has 2 unspecified atom stereocenters. The average molecular weight is 193 g/mol. The zero-order chi connectivity index (χ0) is 10.1. The first-order valence-electron chi connectivity index (χ1n) is 4.99. The number of rotatable bonds is 0. The molecule has 0 aliphatic carbocycles. The maximum atomic E-state index is 11.9. The standard InChI is InChI=1S/C10H15N3O/c1-8-3-5-13(9(8)2)10(14)12-6-4-11-7-12/h4,6-9H,3,5H2,1-2H3. The molecule has 76 valence electrons. The van der Waals surface area contributed by atoms with Crippen LogP contribution in [-0.4, -0.2) is 33.1 Å². The lowest BCUT2D eigenvalue weighted by atomic mass is 10.1. The molecule has 0 bridgehead atoms. The summed E-state index contributed by atoms with van der Waals surface area (Å²) in [5.41, 5.74) is 0. The molecule has 1 aliphatic rings. The van der Waals surface area contributed by atoms with Crippen molar-refractivity contribution in [1.29, 1.82) is 0 Å². The van der Waals surface area contributed by atoms with Gasteiger partial charge in [-0.1, -0.05) is 6.92 Å². The number of amides is 1. The molecule has 0 saturated carbocycles. The molecule has 4 heteroatoms. The van der Waals surface area contributed by atoms with Crippen LogP contribution in [-0.2, 0) is 0 Å². The molecule has 0 N–H and O–H groups in total. The average Bonchev–Trinajstić information content (AvgIpc) is 2.77. The smallest absolute Gasteiger partial charge is 0.321 e. The van der Waals surface area contributed by atoms with E-state index in [1.54, 1.807) is 18.7 Å². The second-order valence-corrected chi connectivity index (χ2v) is 3.95. The van der Waals surface area contributed by atoms with Crippen molar-refractivity contribution in [3.8, 4) is 0 Å². The monoisotopic (exact) mass is 193 g/mol. The molecule has 2 heterocycles. The minimum Gasteiger partial charge on any atom is -0.321 e. The molecular weight excluding hydrogens is 178 g/mol. The highest BCUT2D eigenvalue weighted by Gasteiger charge is 2.31. The number of likely N-dealkylation sites (tertiary alicyclic amines) is 1.